The molecule has 11 nitrogen and oxygen atoms in total. The standard InChI is InChI=1S/C25H27N9O2/c1-15(2)33-23(35)19-14-28-24(29-18-7-6-17-13-26-9-8-16(17)12-18)31-22(19)34(33)21-5-3-4-20(30-21)32-11-10-27-25(32)36/h3-7,12,14-15,26H,8-11,13H2,1-2H3,(H,27,36)(H,28,29,31). The molecule has 2 aliphatic heterocycles. The summed E-state index contributed by atoms with van der Waals surface area (Å²) in [5.41, 5.74) is 3.74. The van der Waals surface area contributed by atoms with Crippen molar-refractivity contribution in [2.45, 2.75) is 32.9 Å². The average molecular weight is 486 g/mol. The fraction of sp³-hybridized carbons (Fsp3) is 0.320. The lowest BCUT2D eigenvalue weighted by atomic mass is 10.0. The minimum atomic E-state index is -0.195. The SMILES string of the molecule is CC(C)n1c(=O)c2cnc(Nc3ccc4c(c3)CCNC4)nc2n1-c1cccc(N2CCNC2=O)n1. The minimum Gasteiger partial charge on any atom is -0.336 e. The van der Waals surface area contributed by atoms with E-state index in [2.05, 4.69) is 33.1 Å². The average Bonchev–Trinajstić information content (AvgIpc) is 3.44. The quantitative estimate of drug-likeness (QED) is 0.397. The van der Waals surface area contributed by atoms with Gasteiger partial charge in [0.1, 0.15) is 11.2 Å². The van der Waals surface area contributed by atoms with E-state index in [1.54, 1.807) is 26.5 Å². The Morgan fingerprint density at radius 1 is 1.03 bits per heavy atom. The second kappa shape index (κ2) is 8.76. The number of rotatable bonds is 5. The molecule has 0 atom stereocenters. The van der Waals surface area contributed by atoms with Crippen LogP contribution in [0.5, 0.6) is 0 Å². The Balaban J connectivity index is 1.44. The van der Waals surface area contributed by atoms with Crippen molar-refractivity contribution >= 4 is 34.5 Å². The Morgan fingerprint density at radius 2 is 1.89 bits per heavy atom. The van der Waals surface area contributed by atoms with E-state index in [-0.39, 0.29) is 17.6 Å². The van der Waals surface area contributed by atoms with Gasteiger partial charge in [-0.2, -0.15) is 4.98 Å². The van der Waals surface area contributed by atoms with Crippen molar-refractivity contribution in [1.82, 2.24) is 34.9 Å². The van der Waals surface area contributed by atoms with Crippen molar-refractivity contribution in [3.63, 3.8) is 0 Å². The van der Waals surface area contributed by atoms with Crippen molar-refractivity contribution in [3.8, 4) is 5.82 Å². The van der Waals surface area contributed by atoms with Crippen LogP contribution in [0.15, 0.2) is 47.4 Å². The molecule has 0 saturated carbocycles. The highest BCUT2D eigenvalue weighted by molar-refractivity contribution is 5.93. The number of amides is 2. The minimum absolute atomic E-state index is 0.155. The number of hydrogen-bond acceptors (Lipinski definition) is 7. The normalized spacial score (nSPS) is 15.4. The largest absolute Gasteiger partial charge is 0.336 e. The highest BCUT2D eigenvalue weighted by Gasteiger charge is 2.24. The zero-order valence-corrected chi connectivity index (χ0v) is 20.2. The van der Waals surface area contributed by atoms with Crippen LogP contribution in [-0.4, -0.2) is 50.0 Å². The number of pyridine rings is 1. The predicted octanol–water partition coefficient (Wildman–Crippen LogP) is 2.48. The zero-order chi connectivity index (χ0) is 24.8. The van der Waals surface area contributed by atoms with Gasteiger partial charge in [-0.25, -0.2) is 24.1 Å². The van der Waals surface area contributed by atoms with E-state index in [9.17, 15) is 9.59 Å². The summed E-state index contributed by atoms with van der Waals surface area (Å²) in [7, 11) is 0. The monoisotopic (exact) mass is 485 g/mol. The summed E-state index contributed by atoms with van der Waals surface area (Å²) < 4.78 is 3.33. The molecular weight excluding hydrogens is 458 g/mol. The second-order valence-electron chi connectivity index (χ2n) is 9.26. The van der Waals surface area contributed by atoms with Crippen molar-refractivity contribution in [3.05, 3.63) is 64.1 Å². The number of benzene rings is 1. The van der Waals surface area contributed by atoms with E-state index in [0.717, 1.165) is 25.2 Å². The third-order valence-corrected chi connectivity index (χ3v) is 6.53. The van der Waals surface area contributed by atoms with E-state index in [0.29, 0.717) is 41.7 Å². The van der Waals surface area contributed by atoms with Gasteiger partial charge in [-0.3, -0.25) is 9.69 Å². The van der Waals surface area contributed by atoms with E-state index in [1.807, 2.05) is 32.0 Å². The van der Waals surface area contributed by atoms with Crippen LogP contribution in [-0.2, 0) is 13.0 Å². The Kier molecular flexibility index (Phi) is 5.41. The molecule has 11 heteroatoms. The Morgan fingerprint density at radius 3 is 2.69 bits per heavy atom. The van der Waals surface area contributed by atoms with Gasteiger partial charge in [-0.1, -0.05) is 12.1 Å². The fourth-order valence-electron chi connectivity index (χ4n) is 4.80. The molecule has 0 radical (unpaired) electrons. The number of hydrogen-bond donors (Lipinski definition) is 3. The fourth-order valence-corrected chi connectivity index (χ4v) is 4.80. The van der Waals surface area contributed by atoms with Crippen molar-refractivity contribution in [2.24, 2.45) is 0 Å². The van der Waals surface area contributed by atoms with Gasteiger partial charge < -0.3 is 16.0 Å². The topological polar surface area (TPSA) is 122 Å². The Hall–Kier alpha value is -4.25. The van der Waals surface area contributed by atoms with E-state index >= 15 is 0 Å². The van der Waals surface area contributed by atoms with Crippen LogP contribution in [0.1, 0.15) is 31.0 Å². The van der Waals surface area contributed by atoms with Crippen molar-refractivity contribution in [1.29, 1.82) is 0 Å². The summed E-state index contributed by atoms with van der Waals surface area (Å²) in [6.07, 6.45) is 2.53. The van der Waals surface area contributed by atoms with Crippen LogP contribution in [0.4, 0.5) is 22.2 Å². The van der Waals surface area contributed by atoms with E-state index in [4.69, 9.17) is 9.97 Å². The second-order valence-corrected chi connectivity index (χ2v) is 9.26. The van der Waals surface area contributed by atoms with Gasteiger partial charge in [-0.15, -0.1) is 0 Å². The maximum atomic E-state index is 13.3. The third kappa shape index (κ3) is 3.77. The molecule has 1 aromatic carbocycles. The first-order valence-corrected chi connectivity index (χ1v) is 12.1. The number of carbonyl (C=O) groups excluding carboxylic acids is 1. The summed E-state index contributed by atoms with van der Waals surface area (Å²) in [5, 5.41) is 9.87. The number of urea groups is 1. The molecule has 0 spiro atoms. The molecule has 0 unspecified atom stereocenters. The lowest BCUT2D eigenvalue weighted by Crippen LogP contribution is -2.29. The first-order chi connectivity index (χ1) is 17.5. The zero-order valence-electron chi connectivity index (χ0n) is 20.2. The molecule has 0 bridgehead atoms. The summed E-state index contributed by atoms with van der Waals surface area (Å²) in [5.74, 6) is 1.41. The number of carbonyl (C=O) groups is 1. The van der Waals surface area contributed by atoms with Crippen LogP contribution in [0.25, 0.3) is 16.9 Å². The molecule has 2 aliphatic rings. The van der Waals surface area contributed by atoms with Gasteiger partial charge in [0.2, 0.25) is 5.95 Å². The maximum absolute atomic E-state index is 13.3. The van der Waals surface area contributed by atoms with Crippen molar-refractivity contribution < 1.29 is 4.79 Å². The highest BCUT2D eigenvalue weighted by atomic mass is 16.2. The summed E-state index contributed by atoms with van der Waals surface area (Å²) >= 11 is 0. The summed E-state index contributed by atoms with van der Waals surface area (Å²) in [6, 6.07) is 11.3. The number of fused-ring (bicyclic) bond motifs is 2. The molecule has 6 rings (SSSR count). The molecule has 0 aliphatic carbocycles. The van der Waals surface area contributed by atoms with Gasteiger partial charge in [0, 0.05) is 37.6 Å². The van der Waals surface area contributed by atoms with Crippen LogP contribution in [0.2, 0.25) is 0 Å². The number of nitrogens with one attached hydrogen (secondary N) is 3. The van der Waals surface area contributed by atoms with Crippen LogP contribution < -0.4 is 26.4 Å². The van der Waals surface area contributed by atoms with Crippen LogP contribution >= 0.6 is 0 Å². The van der Waals surface area contributed by atoms with Gasteiger partial charge in [0.15, 0.2) is 11.5 Å². The van der Waals surface area contributed by atoms with Crippen molar-refractivity contribution in [2.75, 3.05) is 29.9 Å². The molecular formula is C25H27N9O2. The smallest absolute Gasteiger partial charge is 0.323 e. The molecule has 5 heterocycles. The first kappa shape index (κ1) is 22.2. The third-order valence-electron chi connectivity index (χ3n) is 6.53. The molecule has 4 aromatic rings. The van der Waals surface area contributed by atoms with Gasteiger partial charge in [0.05, 0.1) is 0 Å². The summed E-state index contributed by atoms with van der Waals surface area (Å²) in [4.78, 5) is 41.0. The maximum Gasteiger partial charge on any atom is 0.323 e. The number of aromatic nitrogens is 5. The van der Waals surface area contributed by atoms with Crippen LogP contribution in [0, 0.1) is 0 Å². The molecule has 3 N–H and O–H groups in total. The molecule has 1 saturated heterocycles. The number of nitrogens with zero attached hydrogens (tertiary/aromatic N) is 6. The lowest BCUT2D eigenvalue weighted by Gasteiger charge is -2.18. The number of anilines is 3. The first-order valence-electron chi connectivity index (χ1n) is 12.1. The van der Waals surface area contributed by atoms with E-state index in [1.165, 1.54) is 11.1 Å². The molecule has 2 amide bonds. The van der Waals surface area contributed by atoms with Crippen LogP contribution in [0.3, 0.4) is 0 Å². The summed E-state index contributed by atoms with van der Waals surface area (Å²) in [6.45, 7) is 6.80. The Bertz CT molecular complexity index is 1540. The van der Waals surface area contributed by atoms with Gasteiger partial charge >= 0.3 is 6.03 Å². The molecule has 184 valence electrons. The lowest BCUT2D eigenvalue weighted by molar-refractivity contribution is 0.252. The van der Waals surface area contributed by atoms with E-state index < -0.39 is 0 Å². The highest BCUT2D eigenvalue weighted by Crippen LogP contribution is 2.24. The Labute approximate surface area is 207 Å². The molecule has 1 fully saturated rings. The molecule has 36 heavy (non-hydrogen) atoms. The predicted molar refractivity (Wildman–Crippen MR) is 137 cm³/mol. The van der Waals surface area contributed by atoms with Gasteiger partial charge in [-0.05, 0) is 62.2 Å². The van der Waals surface area contributed by atoms with Gasteiger partial charge in [0.25, 0.3) is 5.56 Å². The molecule has 3 aromatic heterocycles.